The number of nitrogens with one attached hydrogen (secondary N) is 1. The Hall–Kier alpha value is -2.34. The Morgan fingerprint density at radius 3 is 2.52 bits per heavy atom. The number of carbonyl (C=O) groups excluding carboxylic acids is 1. The van der Waals surface area contributed by atoms with E-state index in [0.29, 0.717) is 18.5 Å². The zero-order valence-electron chi connectivity index (χ0n) is 13.7. The Kier molecular flexibility index (Phi) is 7.47. The van der Waals surface area contributed by atoms with Crippen molar-refractivity contribution in [3.63, 3.8) is 0 Å². The number of halogens is 1. The molecule has 0 saturated carbocycles. The molecule has 0 heterocycles. The molecule has 2 N–H and O–H groups in total. The molecule has 0 aromatic heterocycles. The fourth-order valence-electron chi connectivity index (χ4n) is 2.30. The van der Waals surface area contributed by atoms with Crippen LogP contribution in [0.1, 0.15) is 28.8 Å². The van der Waals surface area contributed by atoms with Crippen LogP contribution >= 0.6 is 11.8 Å². The van der Waals surface area contributed by atoms with E-state index >= 15 is 0 Å². The summed E-state index contributed by atoms with van der Waals surface area (Å²) in [5, 5.41) is 12.0. The summed E-state index contributed by atoms with van der Waals surface area (Å²) in [5.41, 5.74) is 0.906. The molecule has 6 heteroatoms. The molecule has 0 saturated heterocycles. The molecule has 0 atom stereocenters. The first-order valence-electron chi connectivity index (χ1n) is 8.02. The van der Waals surface area contributed by atoms with Crippen LogP contribution in [-0.2, 0) is 11.2 Å². The van der Waals surface area contributed by atoms with E-state index < -0.39 is 5.97 Å². The number of hydrogen-bond acceptors (Lipinski definition) is 3. The highest BCUT2D eigenvalue weighted by Gasteiger charge is 2.10. The van der Waals surface area contributed by atoms with Gasteiger partial charge >= 0.3 is 5.97 Å². The van der Waals surface area contributed by atoms with Crippen LogP contribution < -0.4 is 5.32 Å². The predicted octanol–water partition coefficient (Wildman–Crippen LogP) is 3.76. The fraction of sp³-hybridized carbons (Fsp3) is 0.263. The molecule has 0 aliphatic heterocycles. The lowest BCUT2D eigenvalue weighted by Crippen LogP contribution is -2.25. The average molecular weight is 361 g/mol. The Morgan fingerprint density at radius 1 is 1.08 bits per heavy atom. The molecular formula is C19H20FNO3S. The summed E-state index contributed by atoms with van der Waals surface area (Å²) in [6.45, 7) is 0.563. The normalized spacial score (nSPS) is 10.4. The smallest absolute Gasteiger partial charge is 0.335 e. The summed E-state index contributed by atoms with van der Waals surface area (Å²) in [6, 6.07) is 13.0. The number of thioether (sulfide) groups is 1. The molecule has 25 heavy (non-hydrogen) atoms. The van der Waals surface area contributed by atoms with Crippen LogP contribution in [0.25, 0.3) is 0 Å². The summed E-state index contributed by atoms with van der Waals surface area (Å²) in [5.74, 6) is -0.491. The Labute approximate surface area is 150 Å². The van der Waals surface area contributed by atoms with Gasteiger partial charge in [0.05, 0.1) is 5.56 Å². The van der Waals surface area contributed by atoms with Crippen molar-refractivity contribution in [2.24, 2.45) is 0 Å². The number of aromatic carboxylic acids is 1. The zero-order chi connectivity index (χ0) is 18.1. The van der Waals surface area contributed by atoms with Crippen molar-refractivity contribution in [3.8, 4) is 0 Å². The van der Waals surface area contributed by atoms with Gasteiger partial charge in [-0.2, -0.15) is 0 Å². The van der Waals surface area contributed by atoms with E-state index in [-0.39, 0.29) is 23.7 Å². The van der Waals surface area contributed by atoms with Crippen LogP contribution in [0.15, 0.2) is 53.4 Å². The van der Waals surface area contributed by atoms with E-state index in [1.54, 1.807) is 48.2 Å². The van der Waals surface area contributed by atoms with E-state index in [1.807, 2.05) is 0 Å². The number of carboxylic acids is 1. The number of rotatable bonds is 9. The lowest BCUT2D eigenvalue weighted by molar-refractivity contribution is -0.121. The molecule has 0 spiro atoms. The predicted molar refractivity (Wildman–Crippen MR) is 96.5 cm³/mol. The highest BCUT2D eigenvalue weighted by Crippen LogP contribution is 2.18. The van der Waals surface area contributed by atoms with Crippen molar-refractivity contribution in [3.05, 3.63) is 65.5 Å². The molecule has 2 rings (SSSR count). The highest BCUT2D eigenvalue weighted by atomic mass is 32.2. The van der Waals surface area contributed by atoms with Crippen molar-refractivity contribution < 1.29 is 19.1 Å². The summed E-state index contributed by atoms with van der Waals surface area (Å²) < 4.78 is 12.8. The van der Waals surface area contributed by atoms with Crippen molar-refractivity contribution in [1.29, 1.82) is 0 Å². The first kappa shape index (κ1) is 19.0. The summed E-state index contributed by atoms with van der Waals surface area (Å²) in [6.07, 6.45) is 1.47. The lowest BCUT2D eigenvalue weighted by Gasteiger charge is -2.07. The molecule has 1 amide bonds. The quantitative estimate of drug-likeness (QED) is 0.527. The van der Waals surface area contributed by atoms with Crippen molar-refractivity contribution in [2.45, 2.75) is 24.2 Å². The van der Waals surface area contributed by atoms with E-state index in [9.17, 15) is 14.0 Å². The molecule has 0 fully saturated rings. The first-order chi connectivity index (χ1) is 12.1. The highest BCUT2D eigenvalue weighted by molar-refractivity contribution is 7.99. The summed E-state index contributed by atoms with van der Waals surface area (Å²) in [4.78, 5) is 24.0. The van der Waals surface area contributed by atoms with Crippen LogP contribution in [0.5, 0.6) is 0 Å². The Morgan fingerprint density at radius 2 is 1.80 bits per heavy atom. The van der Waals surface area contributed by atoms with Gasteiger partial charge in [-0.25, -0.2) is 9.18 Å². The Bertz CT molecular complexity index is 719. The molecule has 132 valence electrons. The van der Waals surface area contributed by atoms with Gasteiger partial charge in [0, 0.05) is 17.9 Å². The van der Waals surface area contributed by atoms with E-state index in [0.717, 1.165) is 17.1 Å². The average Bonchev–Trinajstić information content (AvgIpc) is 2.61. The molecule has 2 aromatic carbocycles. The van der Waals surface area contributed by atoms with Crippen LogP contribution in [0.2, 0.25) is 0 Å². The van der Waals surface area contributed by atoms with E-state index in [1.165, 1.54) is 12.1 Å². The molecule has 2 aromatic rings. The minimum atomic E-state index is -0.978. The SMILES string of the molecule is O=C(CCc1ccccc1C(=O)O)NCCCSc1ccc(F)cc1. The van der Waals surface area contributed by atoms with E-state index in [4.69, 9.17) is 5.11 Å². The van der Waals surface area contributed by atoms with Gasteiger partial charge in [0.1, 0.15) is 5.82 Å². The first-order valence-corrected chi connectivity index (χ1v) is 9.01. The standard InChI is InChI=1S/C19H20FNO3S/c20-15-7-9-16(10-8-15)25-13-3-12-21-18(22)11-6-14-4-1-2-5-17(14)19(23)24/h1-2,4-5,7-10H,3,6,11-13H2,(H,21,22)(H,23,24). The summed E-state index contributed by atoms with van der Waals surface area (Å²) >= 11 is 1.61. The fourth-order valence-corrected chi connectivity index (χ4v) is 3.16. The maximum Gasteiger partial charge on any atom is 0.335 e. The van der Waals surface area contributed by atoms with Gasteiger partial charge in [-0.15, -0.1) is 11.8 Å². The molecule has 4 nitrogen and oxygen atoms in total. The number of benzene rings is 2. The number of hydrogen-bond donors (Lipinski definition) is 2. The van der Waals surface area contributed by atoms with Crippen LogP contribution in [0.4, 0.5) is 4.39 Å². The molecule has 0 unspecified atom stereocenters. The maximum atomic E-state index is 12.8. The second-order valence-corrected chi connectivity index (χ2v) is 6.64. The largest absolute Gasteiger partial charge is 0.478 e. The monoisotopic (exact) mass is 361 g/mol. The van der Waals surface area contributed by atoms with Gasteiger partial charge in [-0.1, -0.05) is 18.2 Å². The minimum absolute atomic E-state index is 0.0908. The number of aryl methyl sites for hydroxylation is 1. The molecule has 0 aliphatic rings. The topological polar surface area (TPSA) is 66.4 Å². The van der Waals surface area contributed by atoms with Gasteiger partial charge in [0.15, 0.2) is 0 Å². The second kappa shape index (κ2) is 9.84. The minimum Gasteiger partial charge on any atom is -0.478 e. The number of amides is 1. The molecule has 0 bridgehead atoms. The van der Waals surface area contributed by atoms with E-state index in [2.05, 4.69) is 5.32 Å². The van der Waals surface area contributed by atoms with Crippen LogP contribution in [0.3, 0.4) is 0 Å². The van der Waals surface area contributed by atoms with Crippen molar-refractivity contribution in [1.82, 2.24) is 5.32 Å². The molecule has 0 radical (unpaired) electrons. The van der Waals surface area contributed by atoms with Gasteiger partial charge < -0.3 is 10.4 Å². The third-order valence-electron chi connectivity index (χ3n) is 3.59. The van der Waals surface area contributed by atoms with Crippen LogP contribution in [0, 0.1) is 5.82 Å². The molecular weight excluding hydrogens is 341 g/mol. The number of carbonyl (C=O) groups is 2. The lowest BCUT2D eigenvalue weighted by atomic mass is 10.0. The van der Waals surface area contributed by atoms with Crippen molar-refractivity contribution >= 4 is 23.6 Å². The van der Waals surface area contributed by atoms with Gasteiger partial charge in [-0.05, 0) is 54.5 Å². The third kappa shape index (κ3) is 6.58. The Balaban J connectivity index is 1.64. The maximum absolute atomic E-state index is 12.8. The second-order valence-electron chi connectivity index (χ2n) is 5.47. The van der Waals surface area contributed by atoms with Gasteiger partial charge in [0.25, 0.3) is 0 Å². The van der Waals surface area contributed by atoms with Crippen LogP contribution in [-0.4, -0.2) is 29.3 Å². The molecule has 0 aliphatic carbocycles. The van der Waals surface area contributed by atoms with Crippen molar-refractivity contribution in [2.75, 3.05) is 12.3 Å². The zero-order valence-corrected chi connectivity index (χ0v) is 14.5. The number of carboxylic acid groups (broad SMARTS) is 1. The summed E-state index contributed by atoms with van der Waals surface area (Å²) in [7, 11) is 0. The van der Waals surface area contributed by atoms with Gasteiger partial charge in [-0.3, -0.25) is 4.79 Å². The third-order valence-corrected chi connectivity index (χ3v) is 4.69. The van der Waals surface area contributed by atoms with Gasteiger partial charge in [0.2, 0.25) is 5.91 Å².